The molecular weight excluding hydrogens is 370 g/mol. The van der Waals surface area contributed by atoms with Crippen LogP contribution >= 0.6 is 0 Å². The Morgan fingerprint density at radius 3 is 2.52 bits per heavy atom. The van der Waals surface area contributed by atoms with Gasteiger partial charge in [0.05, 0.1) is 0 Å². The fourth-order valence-electron chi connectivity index (χ4n) is 3.26. The molecule has 1 atom stereocenters. The molecule has 0 spiro atoms. The van der Waals surface area contributed by atoms with Crippen LogP contribution in [0.2, 0.25) is 0 Å². The number of piperidine rings is 1. The molecule has 2 N–H and O–H groups in total. The van der Waals surface area contributed by atoms with Crippen molar-refractivity contribution in [3.63, 3.8) is 0 Å². The molecule has 1 fully saturated rings. The van der Waals surface area contributed by atoms with E-state index in [1.54, 1.807) is 0 Å². The van der Waals surface area contributed by atoms with E-state index in [-0.39, 0.29) is 18.4 Å². The first kappa shape index (κ1) is 22.5. The average molecular weight is 402 g/mol. The van der Waals surface area contributed by atoms with E-state index in [1.807, 2.05) is 35.2 Å². The van der Waals surface area contributed by atoms with E-state index in [1.165, 1.54) is 6.08 Å². The van der Waals surface area contributed by atoms with Crippen molar-refractivity contribution in [1.29, 1.82) is 0 Å². The van der Waals surface area contributed by atoms with Gasteiger partial charge < -0.3 is 20.3 Å². The van der Waals surface area contributed by atoms with Gasteiger partial charge in [-0.15, -0.1) is 0 Å². The summed E-state index contributed by atoms with van der Waals surface area (Å²) in [5.41, 5.74) is 0.888. The van der Waals surface area contributed by atoms with E-state index in [2.05, 4.69) is 17.2 Å². The zero-order valence-electron chi connectivity index (χ0n) is 16.9. The van der Waals surface area contributed by atoms with Gasteiger partial charge in [0.1, 0.15) is 12.6 Å². The van der Waals surface area contributed by atoms with E-state index >= 15 is 0 Å². The van der Waals surface area contributed by atoms with Gasteiger partial charge in [-0.1, -0.05) is 36.9 Å². The summed E-state index contributed by atoms with van der Waals surface area (Å²) in [4.78, 5) is 38.2. The maximum Gasteiger partial charge on any atom is 0.408 e. The Balaban J connectivity index is 1.84. The van der Waals surface area contributed by atoms with E-state index < -0.39 is 12.1 Å². The highest BCUT2D eigenvalue weighted by atomic mass is 16.5. The van der Waals surface area contributed by atoms with Gasteiger partial charge in [-0.3, -0.25) is 9.59 Å². The van der Waals surface area contributed by atoms with Crippen molar-refractivity contribution in [1.82, 2.24) is 15.5 Å². The highest BCUT2D eigenvalue weighted by Gasteiger charge is 2.27. The molecule has 0 radical (unpaired) electrons. The smallest absolute Gasteiger partial charge is 0.408 e. The molecule has 3 amide bonds. The number of rotatable bonds is 10. The molecular formula is C22H31N3O4. The highest BCUT2D eigenvalue weighted by molar-refractivity contribution is 5.87. The lowest BCUT2D eigenvalue weighted by atomic mass is 10.1. The fourth-order valence-corrected chi connectivity index (χ4v) is 3.26. The summed E-state index contributed by atoms with van der Waals surface area (Å²) < 4.78 is 5.28. The molecule has 0 unspecified atom stereocenters. The first-order valence-electron chi connectivity index (χ1n) is 10.3. The van der Waals surface area contributed by atoms with Gasteiger partial charge in [0, 0.05) is 19.6 Å². The van der Waals surface area contributed by atoms with E-state index in [9.17, 15) is 14.4 Å². The Morgan fingerprint density at radius 2 is 1.83 bits per heavy atom. The number of hydrogen-bond acceptors (Lipinski definition) is 4. The summed E-state index contributed by atoms with van der Waals surface area (Å²) in [7, 11) is 0. The van der Waals surface area contributed by atoms with Crippen molar-refractivity contribution in [2.24, 2.45) is 0 Å². The van der Waals surface area contributed by atoms with Gasteiger partial charge in [-0.05, 0) is 50.2 Å². The van der Waals surface area contributed by atoms with Crippen LogP contribution in [0, 0.1) is 0 Å². The Morgan fingerprint density at radius 1 is 1.10 bits per heavy atom. The molecule has 1 saturated heterocycles. The van der Waals surface area contributed by atoms with Crippen LogP contribution in [0.15, 0.2) is 43.0 Å². The quantitative estimate of drug-likeness (QED) is 0.466. The number of ether oxygens (including phenoxy) is 1. The van der Waals surface area contributed by atoms with Crippen LogP contribution in [0.25, 0.3) is 0 Å². The van der Waals surface area contributed by atoms with Crippen LogP contribution in [0.4, 0.5) is 4.79 Å². The highest BCUT2D eigenvalue weighted by Crippen LogP contribution is 2.13. The van der Waals surface area contributed by atoms with Crippen molar-refractivity contribution in [3.8, 4) is 0 Å². The molecule has 0 aliphatic carbocycles. The third kappa shape index (κ3) is 8.37. The SMILES string of the molecule is C=CC(=O)NCCCC[C@H](NC(=O)OCc1ccccc1)C(=O)N1CCCCC1. The normalized spacial score (nSPS) is 14.6. The lowest BCUT2D eigenvalue weighted by Gasteiger charge is -2.30. The molecule has 0 bridgehead atoms. The van der Waals surface area contributed by atoms with Crippen LogP contribution in [-0.4, -0.2) is 48.5 Å². The van der Waals surface area contributed by atoms with Crippen molar-refractivity contribution in [2.75, 3.05) is 19.6 Å². The Bertz CT molecular complexity index is 672. The van der Waals surface area contributed by atoms with Crippen LogP contribution in [-0.2, 0) is 20.9 Å². The molecule has 2 rings (SSSR count). The van der Waals surface area contributed by atoms with Crippen molar-refractivity contribution < 1.29 is 19.1 Å². The standard InChI is InChI=1S/C22H31N3O4/c1-2-20(26)23-14-8-7-13-19(21(27)25-15-9-4-10-16-25)24-22(28)29-17-18-11-5-3-6-12-18/h2-3,5-6,11-12,19H,1,4,7-10,13-17H2,(H,23,26)(H,24,28)/t19-/m0/s1. The van der Waals surface area contributed by atoms with E-state index in [4.69, 9.17) is 4.74 Å². The number of alkyl carbamates (subject to hydrolysis) is 1. The number of carbonyl (C=O) groups excluding carboxylic acids is 3. The zero-order valence-corrected chi connectivity index (χ0v) is 16.9. The molecule has 1 aromatic carbocycles. The van der Waals surface area contributed by atoms with Crippen molar-refractivity contribution >= 4 is 17.9 Å². The summed E-state index contributed by atoms with van der Waals surface area (Å²) in [6.45, 7) is 5.53. The zero-order chi connectivity index (χ0) is 20.9. The minimum absolute atomic E-state index is 0.0588. The van der Waals surface area contributed by atoms with Gasteiger partial charge >= 0.3 is 6.09 Å². The number of nitrogens with zero attached hydrogens (tertiary/aromatic N) is 1. The largest absolute Gasteiger partial charge is 0.445 e. The number of benzene rings is 1. The molecule has 0 saturated carbocycles. The van der Waals surface area contributed by atoms with Crippen LogP contribution in [0.1, 0.15) is 44.1 Å². The number of nitrogens with one attached hydrogen (secondary N) is 2. The predicted molar refractivity (Wildman–Crippen MR) is 111 cm³/mol. The number of carbonyl (C=O) groups is 3. The summed E-state index contributed by atoms with van der Waals surface area (Å²) >= 11 is 0. The Hall–Kier alpha value is -2.83. The van der Waals surface area contributed by atoms with Crippen LogP contribution < -0.4 is 10.6 Å². The molecule has 7 heteroatoms. The molecule has 158 valence electrons. The molecule has 1 aliphatic heterocycles. The van der Waals surface area contributed by atoms with Gasteiger partial charge in [0.15, 0.2) is 0 Å². The summed E-state index contributed by atoms with van der Waals surface area (Å²) in [6.07, 6.45) is 5.65. The molecule has 0 aromatic heterocycles. The van der Waals surface area contributed by atoms with Gasteiger partial charge in [-0.25, -0.2) is 4.79 Å². The molecule has 7 nitrogen and oxygen atoms in total. The van der Waals surface area contributed by atoms with E-state index in [0.717, 1.165) is 37.9 Å². The van der Waals surface area contributed by atoms with Crippen LogP contribution in [0.5, 0.6) is 0 Å². The second-order valence-corrected chi connectivity index (χ2v) is 7.14. The third-order valence-electron chi connectivity index (χ3n) is 4.87. The maximum absolute atomic E-state index is 12.9. The molecule has 1 aliphatic rings. The lowest BCUT2D eigenvalue weighted by Crippen LogP contribution is -2.50. The Labute approximate surface area is 172 Å². The number of likely N-dealkylation sites (tertiary alicyclic amines) is 1. The topological polar surface area (TPSA) is 87.7 Å². The number of unbranched alkanes of at least 4 members (excludes halogenated alkanes) is 1. The molecule has 29 heavy (non-hydrogen) atoms. The predicted octanol–water partition coefficient (Wildman–Crippen LogP) is 2.77. The first-order valence-corrected chi connectivity index (χ1v) is 10.3. The molecule has 1 heterocycles. The first-order chi connectivity index (χ1) is 14.1. The second kappa shape index (κ2) is 12.6. The molecule has 1 aromatic rings. The maximum atomic E-state index is 12.9. The minimum Gasteiger partial charge on any atom is -0.445 e. The van der Waals surface area contributed by atoms with Gasteiger partial charge in [0.2, 0.25) is 11.8 Å². The van der Waals surface area contributed by atoms with Gasteiger partial charge in [-0.2, -0.15) is 0 Å². The summed E-state index contributed by atoms with van der Waals surface area (Å²) in [5.74, 6) is -0.273. The Kier molecular flexibility index (Phi) is 9.75. The fraction of sp³-hybridized carbons (Fsp3) is 0.500. The van der Waals surface area contributed by atoms with Crippen molar-refractivity contribution in [2.45, 2.75) is 51.2 Å². The van der Waals surface area contributed by atoms with Gasteiger partial charge in [0.25, 0.3) is 0 Å². The summed E-state index contributed by atoms with van der Waals surface area (Å²) in [6, 6.07) is 8.79. The van der Waals surface area contributed by atoms with E-state index in [0.29, 0.717) is 25.8 Å². The number of amides is 3. The average Bonchev–Trinajstić information content (AvgIpc) is 2.77. The van der Waals surface area contributed by atoms with Crippen molar-refractivity contribution in [3.05, 3.63) is 48.6 Å². The lowest BCUT2D eigenvalue weighted by molar-refractivity contribution is -0.134. The monoisotopic (exact) mass is 401 g/mol. The summed E-state index contributed by atoms with van der Waals surface area (Å²) in [5, 5.41) is 5.45. The third-order valence-corrected chi connectivity index (χ3v) is 4.87. The van der Waals surface area contributed by atoms with Crippen LogP contribution in [0.3, 0.4) is 0 Å². The second-order valence-electron chi connectivity index (χ2n) is 7.14. The number of hydrogen-bond donors (Lipinski definition) is 2. The minimum atomic E-state index is -0.619.